The number of para-hydroxylation sites is 1. The first kappa shape index (κ1) is 15.8. The van der Waals surface area contributed by atoms with Gasteiger partial charge in [-0.2, -0.15) is 17.0 Å². The van der Waals surface area contributed by atoms with Crippen LogP contribution in [0.1, 0.15) is 19.8 Å². The van der Waals surface area contributed by atoms with Gasteiger partial charge < -0.3 is 4.90 Å². The maximum atomic E-state index is 12.8. The van der Waals surface area contributed by atoms with Crippen molar-refractivity contribution in [3.05, 3.63) is 30.3 Å². The molecule has 0 aromatic heterocycles. The monoisotopic (exact) mass is 323 g/mol. The topological polar surface area (TPSA) is 43.9 Å². The molecule has 2 fully saturated rings. The lowest BCUT2D eigenvalue weighted by molar-refractivity contribution is 0.254. The number of benzene rings is 1. The van der Waals surface area contributed by atoms with Gasteiger partial charge in [-0.25, -0.2) is 0 Å². The predicted octanol–water partition coefficient (Wildman–Crippen LogP) is 1.79. The van der Waals surface area contributed by atoms with Crippen molar-refractivity contribution in [2.45, 2.75) is 19.8 Å². The van der Waals surface area contributed by atoms with E-state index in [1.807, 2.05) is 18.2 Å². The molecule has 1 aromatic carbocycles. The van der Waals surface area contributed by atoms with Crippen LogP contribution in [-0.2, 0) is 10.2 Å². The Labute approximate surface area is 133 Å². The number of nitrogens with zero attached hydrogens (tertiary/aromatic N) is 3. The van der Waals surface area contributed by atoms with E-state index >= 15 is 0 Å². The molecule has 2 saturated heterocycles. The second kappa shape index (κ2) is 6.56. The van der Waals surface area contributed by atoms with Crippen LogP contribution < -0.4 is 4.90 Å². The molecule has 0 radical (unpaired) electrons. The zero-order valence-corrected chi connectivity index (χ0v) is 14.0. The summed E-state index contributed by atoms with van der Waals surface area (Å²) >= 11 is 0. The van der Waals surface area contributed by atoms with Crippen molar-refractivity contribution in [1.29, 1.82) is 0 Å². The Morgan fingerprint density at radius 3 is 2.27 bits per heavy atom. The molecular weight excluding hydrogens is 298 g/mol. The Hall–Kier alpha value is -1.11. The number of rotatable bonds is 3. The maximum Gasteiger partial charge on any atom is 0.282 e. The van der Waals surface area contributed by atoms with Crippen molar-refractivity contribution in [2.75, 3.05) is 44.2 Å². The summed E-state index contributed by atoms with van der Waals surface area (Å²) in [6, 6.07) is 10.2. The number of hydrogen-bond donors (Lipinski definition) is 0. The van der Waals surface area contributed by atoms with Gasteiger partial charge in [-0.15, -0.1) is 0 Å². The quantitative estimate of drug-likeness (QED) is 0.852. The molecule has 0 saturated carbocycles. The van der Waals surface area contributed by atoms with Gasteiger partial charge >= 0.3 is 0 Å². The summed E-state index contributed by atoms with van der Waals surface area (Å²) in [5.74, 6) is 0.467. The summed E-state index contributed by atoms with van der Waals surface area (Å²) in [6.45, 7) is 6.13. The summed E-state index contributed by atoms with van der Waals surface area (Å²) in [7, 11) is -3.28. The molecule has 3 rings (SSSR count). The van der Waals surface area contributed by atoms with E-state index in [1.54, 1.807) is 8.61 Å². The normalized spacial score (nSPS) is 25.3. The summed E-state index contributed by atoms with van der Waals surface area (Å²) in [5, 5.41) is 0. The molecule has 0 amide bonds. The van der Waals surface area contributed by atoms with E-state index in [0.717, 1.165) is 25.9 Å². The summed E-state index contributed by atoms with van der Waals surface area (Å²) in [6.07, 6.45) is 2.11. The lowest BCUT2D eigenvalue weighted by Crippen LogP contribution is -2.54. The highest BCUT2D eigenvalue weighted by molar-refractivity contribution is 7.86. The molecule has 0 spiro atoms. The molecule has 2 aliphatic heterocycles. The number of anilines is 1. The Bertz CT molecular complexity index is 583. The summed E-state index contributed by atoms with van der Waals surface area (Å²) in [5.41, 5.74) is 1.17. The second-order valence-electron chi connectivity index (χ2n) is 6.33. The smallest absolute Gasteiger partial charge is 0.282 e. The highest BCUT2D eigenvalue weighted by atomic mass is 32.2. The third-order valence-corrected chi connectivity index (χ3v) is 6.63. The molecule has 1 aromatic rings. The van der Waals surface area contributed by atoms with Gasteiger partial charge in [0.15, 0.2) is 0 Å². The van der Waals surface area contributed by atoms with Crippen LogP contribution in [0.4, 0.5) is 5.69 Å². The van der Waals surface area contributed by atoms with Crippen molar-refractivity contribution in [1.82, 2.24) is 8.61 Å². The fraction of sp³-hybridized carbons (Fsp3) is 0.625. The molecule has 6 heteroatoms. The standard InChI is InChI=1S/C16H25N3O2S/c1-15-6-5-9-19(14-15)22(20,21)18-12-10-17(11-13-18)16-7-3-2-4-8-16/h2-4,7-8,15H,5-6,9-14H2,1H3. The van der Waals surface area contributed by atoms with E-state index in [2.05, 4.69) is 24.0 Å². The third-order valence-electron chi connectivity index (χ3n) is 4.63. The lowest BCUT2D eigenvalue weighted by Gasteiger charge is -2.39. The van der Waals surface area contributed by atoms with E-state index in [4.69, 9.17) is 0 Å². The molecular formula is C16H25N3O2S. The molecule has 122 valence electrons. The SMILES string of the molecule is CC1CCCN(S(=O)(=O)N2CCN(c3ccccc3)CC2)C1. The van der Waals surface area contributed by atoms with Crippen molar-refractivity contribution in [3.8, 4) is 0 Å². The average molecular weight is 323 g/mol. The molecule has 5 nitrogen and oxygen atoms in total. The highest BCUT2D eigenvalue weighted by Gasteiger charge is 2.34. The molecule has 0 N–H and O–H groups in total. The van der Waals surface area contributed by atoms with E-state index in [1.165, 1.54) is 5.69 Å². The summed E-state index contributed by atoms with van der Waals surface area (Å²) in [4.78, 5) is 2.25. The average Bonchev–Trinajstić information content (AvgIpc) is 2.56. The van der Waals surface area contributed by atoms with Gasteiger partial charge in [0.2, 0.25) is 0 Å². The van der Waals surface area contributed by atoms with Gasteiger partial charge in [-0.3, -0.25) is 0 Å². The van der Waals surface area contributed by atoms with Crippen LogP contribution in [0.25, 0.3) is 0 Å². The van der Waals surface area contributed by atoms with Crippen molar-refractivity contribution in [3.63, 3.8) is 0 Å². The van der Waals surface area contributed by atoms with Crippen LogP contribution in [0.2, 0.25) is 0 Å². The van der Waals surface area contributed by atoms with Crippen LogP contribution in [0.3, 0.4) is 0 Å². The van der Waals surface area contributed by atoms with Gasteiger partial charge in [0.1, 0.15) is 0 Å². The fourth-order valence-corrected chi connectivity index (χ4v) is 5.09. The zero-order valence-electron chi connectivity index (χ0n) is 13.2. The predicted molar refractivity (Wildman–Crippen MR) is 89.1 cm³/mol. The number of piperazine rings is 1. The van der Waals surface area contributed by atoms with Crippen LogP contribution in [0.15, 0.2) is 30.3 Å². The van der Waals surface area contributed by atoms with Crippen LogP contribution >= 0.6 is 0 Å². The third kappa shape index (κ3) is 3.29. The summed E-state index contributed by atoms with van der Waals surface area (Å²) < 4.78 is 28.9. The lowest BCUT2D eigenvalue weighted by atomic mass is 10.0. The van der Waals surface area contributed by atoms with Gasteiger partial charge in [-0.05, 0) is 30.9 Å². The van der Waals surface area contributed by atoms with Crippen molar-refractivity contribution in [2.24, 2.45) is 5.92 Å². The maximum absolute atomic E-state index is 12.8. The Morgan fingerprint density at radius 1 is 0.955 bits per heavy atom. The van der Waals surface area contributed by atoms with E-state index in [0.29, 0.717) is 32.1 Å². The molecule has 1 atom stereocenters. The number of hydrogen-bond acceptors (Lipinski definition) is 3. The fourth-order valence-electron chi connectivity index (χ4n) is 3.33. The highest BCUT2D eigenvalue weighted by Crippen LogP contribution is 2.23. The van der Waals surface area contributed by atoms with E-state index < -0.39 is 10.2 Å². The van der Waals surface area contributed by atoms with Crippen LogP contribution in [0, 0.1) is 5.92 Å². The Balaban J connectivity index is 1.63. The first-order valence-corrected chi connectivity index (χ1v) is 9.52. The molecule has 2 heterocycles. The molecule has 0 bridgehead atoms. The van der Waals surface area contributed by atoms with Crippen LogP contribution in [0.5, 0.6) is 0 Å². The first-order valence-electron chi connectivity index (χ1n) is 8.12. The van der Waals surface area contributed by atoms with Crippen LogP contribution in [-0.4, -0.2) is 56.3 Å². The van der Waals surface area contributed by atoms with E-state index in [-0.39, 0.29) is 0 Å². The minimum absolute atomic E-state index is 0.467. The molecule has 0 aliphatic carbocycles. The van der Waals surface area contributed by atoms with Gasteiger partial charge in [0, 0.05) is 45.0 Å². The van der Waals surface area contributed by atoms with Gasteiger partial charge in [-0.1, -0.05) is 25.1 Å². The molecule has 22 heavy (non-hydrogen) atoms. The minimum atomic E-state index is -3.28. The first-order chi connectivity index (χ1) is 10.6. The molecule has 2 aliphatic rings. The van der Waals surface area contributed by atoms with Gasteiger partial charge in [0.25, 0.3) is 10.2 Å². The number of piperidine rings is 1. The second-order valence-corrected chi connectivity index (χ2v) is 8.26. The van der Waals surface area contributed by atoms with Crippen molar-refractivity contribution >= 4 is 15.9 Å². The zero-order chi connectivity index (χ0) is 15.6. The van der Waals surface area contributed by atoms with Crippen molar-refractivity contribution < 1.29 is 8.42 Å². The Kier molecular flexibility index (Phi) is 4.70. The largest absolute Gasteiger partial charge is 0.369 e. The minimum Gasteiger partial charge on any atom is -0.369 e. The Morgan fingerprint density at radius 2 is 1.64 bits per heavy atom. The van der Waals surface area contributed by atoms with E-state index in [9.17, 15) is 8.42 Å². The van der Waals surface area contributed by atoms with Gasteiger partial charge in [0.05, 0.1) is 0 Å². The molecule has 1 unspecified atom stereocenters.